The summed E-state index contributed by atoms with van der Waals surface area (Å²) in [6, 6.07) is 0.449. The molecule has 0 spiro atoms. The van der Waals surface area contributed by atoms with Crippen LogP contribution in [-0.2, 0) is 14.0 Å². The molecule has 150 valence electrons. The molecule has 0 aromatic carbocycles. The van der Waals surface area contributed by atoms with E-state index in [0.717, 1.165) is 18.3 Å². The molecule has 2 fully saturated rings. The minimum atomic E-state index is -0.478. The molecular formula is C19H32BN3O4. The molecule has 2 heterocycles. The van der Waals surface area contributed by atoms with Crippen molar-refractivity contribution in [2.45, 2.75) is 90.2 Å². The van der Waals surface area contributed by atoms with Crippen LogP contribution in [0.3, 0.4) is 0 Å². The Labute approximate surface area is 162 Å². The summed E-state index contributed by atoms with van der Waals surface area (Å²) in [5, 5.41) is 4.50. The second-order valence-corrected chi connectivity index (χ2v) is 9.71. The summed E-state index contributed by atoms with van der Waals surface area (Å²) in [5.41, 5.74) is -0.277. The Bertz CT molecular complexity index is 688. The molecule has 1 aliphatic heterocycles. The molecule has 0 unspecified atom stereocenters. The first-order valence-corrected chi connectivity index (χ1v) is 9.64. The first kappa shape index (κ1) is 20.2. The largest absolute Gasteiger partial charge is 0.498 e. The van der Waals surface area contributed by atoms with E-state index in [1.165, 1.54) is 0 Å². The van der Waals surface area contributed by atoms with E-state index >= 15 is 0 Å². The summed E-state index contributed by atoms with van der Waals surface area (Å²) in [6.45, 7) is 13.8. The number of ether oxygens (including phenoxy) is 1. The van der Waals surface area contributed by atoms with E-state index in [-0.39, 0.29) is 29.4 Å². The second kappa shape index (κ2) is 6.52. The van der Waals surface area contributed by atoms with Gasteiger partial charge in [-0.1, -0.05) is 0 Å². The molecule has 2 aliphatic rings. The molecule has 1 saturated heterocycles. The summed E-state index contributed by atoms with van der Waals surface area (Å²) in [7, 11) is 1.40. The van der Waals surface area contributed by atoms with Crippen molar-refractivity contribution >= 4 is 18.7 Å². The number of hydrogen-bond donors (Lipinski definition) is 0. The van der Waals surface area contributed by atoms with Gasteiger partial charge in [-0.15, -0.1) is 0 Å². The maximum Gasteiger partial charge on any atom is 0.498 e. The number of rotatable bonds is 3. The van der Waals surface area contributed by atoms with Crippen LogP contribution in [-0.4, -0.2) is 57.8 Å². The molecule has 1 aromatic heterocycles. The quantitative estimate of drug-likeness (QED) is 0.758. The lowest BCUT2D eigenvalue weighted by Crippen LogP contribution is -2.48. The average Bonchev–Trinajstić information content (AvgIpc) is 2.99. The zero-order valence-electron chi connectivity index (χ0n) is 17.8. The van der Waals surface area contributed by atoms with Crippen molar-refractivity contribution in [2.24, 2.45) is 0 Å². The molecule has 8 heteroatoms. The Balaban J connectivity index is 1.56. The van der Waals surface area contributed by atoms with Gasteiger partial charge in [-0.25, -0.2) is 4.79 Å². The SMILES string of the molecule is CN(C(=O)OC(C)(C)C)[C@H]1C[C@H](n2cc(B3OC(C)(C)C(C)(C)O3)cn2)C1. The van der Waals surface area contributed by atoms with Gasteiger partial charge in [-0.05, 0) is 61.3 Å². The predicted octanol–water partition coefficient (Wildman–Crippen LogP) is 2.75. The second-order valence-electron chi connectivity index (χ2n) is 9.71. The van der Waals surface area contributed by atoms with Crippen LogP contribution in [0.15, 0.2) is 12.4 Å². The Morgan fingerprint density at radius 2 is 1.81 bits per heavy atom. The Morgan fingerprint density at radius 3 is 2.33 bits per heavy atom. The molecule has 1 aliphatic carbocycles. The van der Waals surface area contributed by atoms with Gasteiger partial charge in [0.05, 0.1) is 17.2 Å². The third kappa shape index (κ3) is 4.01. The van der Waals surface area contributed by atoms with Gasteiger partial charge < -0.3 is 18.9 Å². The van der Waals surface area contributed by atoms with Crippen molar-refractivity contribution in [3.63, 3.8) is 0 Å². The van der Waals surface area contributed by atoms with Crippen molar-refractivity contribution in [3.8, 4) is 0 Å². The van der Waals surface area contributed by atoms with Crippen molar-refractivity contribution in [1.82, 2.24) is 14.7 Å². The van der Waals surface area contributed by atoms with Crippen LogP contribution in [0.2, 0.25) is 0 Å². The smallest absolute Gasteiger partial charge is 0.444 e. The van der Waals surface area contributed by atoms with Gasteiger partial charge in [0.15, 0.2) is 0 Å². The summed E-state index contributed by atoms with van der Waals surface area (Å²) in [6.07, 6.45) is 5.26. The standard InChI is InChI=1S/C19H32BN3O4/c1-17(2,3)25-16(24)22(8)14-9-15(10-14)23-12-13(11-21-23)20-26-18(4,5)19(6,7)27-20/h11-12,14-15H,9-10H2,1-8H3/t14-,15-. The van der Waals surface area contributed by atoms with Gasteiger partial charge in [-0.3, -0.25) is 4.68 Å². The number of carbonyl (C=O) groups excluding carboxylic acids is 1. The van der Waals surface area contributed by atoms with Crippen LogP contribution in [0.4, 0.5) is 4.79 Å². The zero-order chi connectivity index (χ0) is 20.2. The first-order valence-electron chi connectivity index (χ1n) is 9.64. The Morgan fingerprint density at radius 1 is 1.26 bits per heavy atom. The lowest BCUT2D eigenvalue weighted by atomic mass is 9.81. The van der Waals surface area contributed by atoms with E-state index < -0.39 is 12.7 Å². The highest BCUT2D eigenvalue weighted by Gasteiger charge is 2.52. The number of carbonyl (C=O) groups is 1. The third-order valence-electron chi connectivity index (χ3n) is 5.84. The molecule has 3 rings (SSSR count). The normalized spacial score (nSPS) is 26.6. The minimum absolute atomic E-state index is 0.175. The van der Waals surface area contributed by atoms with Gasteiger partial charge in [0, 0.05) is 30.9 Å². The third-order valence-corrected chi connectivity index (χ3v) is 5.84. The maximum atomic E-state index is 12.2. The average molecular weight is 377 g/mol. The first-order chi connectivity index (χ1) is 12.3. The summed E-state index contributed by atoms with van der Waals surface area (Å²) in [4.78, 5) is 13.9. The Kier molecular flexibility index (Phi) is 4.88. The van der Waals surface area contributed by atoms with Crippen LogP contribution in [0.1, 0.15) is 67.3 Å². The van der Waals surface area contributed by atoms with E-state index in [2.05, 4.69) is 5.10 Å². The molecule has 1 aromatic rings. The van der Waals surface area contributed by atoms with Gasteiger partial charge in [-0.2, -0.15) is 5.10 Å². The predicted molar refractivity (Wildman–Crippen MR) is 104 cm³/mol. The van der Waals surface area contributed by atoms with E-state index in [9.17, 15) is 4.79 Å². The van der Waals surface area contributed by atoms with Crippen molar-refractivity contribution in [3.05, 3.63) is 12.4 Å². The molecule has 1 saturated carbocycles. The van der Waals surface area contributed by atoms with E-state index in [0.29, 0.717) is 0 Å². The van der Waals surface area contributed by atoms with Crippen LogP contribution >= 0.6 is 0 Å². The van der Waals surface area contributed by atoms with Crippen molar-refractivity contribution in [2.75, 3.05) is 7.05 Å². The van der Waals surface area contributed by atoms with Crippen molar-refractivity contribution < 1.29 is 18.8 Å². The van der Waals surface area contributed by atoms with E-state index in [4.69, 9.17) is 14.0 Å². The highest BCUT2D eigenvalue weighted by atomic mass is 16.7. The van der Waals surface area contributed by atoms with Gasteiger partial charge in [0.2, 0.25) is 0 Å². The molecule has 27 heavy (non-hydrogen) atoms. The zero-order valence-corrected chi connectivity index (χ0v) is 17.8. The van der Waals surface area contributed by atoms with Crippen LogP contribution in [0.25, 0.3) is 0 Å². The van der Waals surface area contributed by atoms with E-state index in [1.807, 2.05) is 65.5 Å². The highest BCUT2D eigenvalue weighted by Crippen LogP contribution is 2.37. The maximum absolute atomic E-state index is 12.2. The molecule has 0 atom stereocenters. The number of nitrogens with zero attached hydrogens (tertiary/aromatic N) is 3. The number of amides is 1. The van der Waals surface area contributed by atoms with Crippen LogP contribution in [0, 0.1) is 0 Å². The topological polar surface area (TPSA) is 65.8 Å². The molecular weight excluding hydrogens is 345 g/mol. The molecule has 0 radical (unpaired) electrons. The van der Waals surface area contributed by atoms with Crippen molar-refractivity contribution in [1.29, 1.82) is 0 Å². The lowest BCUT2D eigenvalue weighted by molar-refractivity contribution is 0.00578. The summed E-state index contributed by atoms with van der Waals surface area (Å²) >= 11 is 0. The Hall–Kier alpha value is -1.54. The lowest BCUT2D eigenvalue weighted by Gasteiger charge is -2.41. The fourth-order valence-electron chi connectivity index (χ4n) is 3.23. The number of hydrogen-bond acceptors (Lipinski definition) is 5. The fraction of sp³-hybridized carbons (Fsp3) is 0.789. The molecule has 1 amide bonds. The van der Waals surface area contributed by atoms with Gasteiger partial charge >= 0.3 is 13.2 Å². The fourth-order valence-corrected chi connectivity index (χ4v) is 3.23. The summed E-state index contributed by atoms with van der Waals surface area (Å²) < 4.78 is 19.6. The molecule has 7 nitrogen and oxygen atoms in total. The van der Waals surface area contributed by atoms with Gasteiger partial charge in [0.25, 0.3) is 0 Å². The summed E-state index contributed by atoms with van der Waals surface area (Å²) in [5.74, 6) is 0. The highest BCUT2D eigenvalue weighted by molar-refractivity contribution is 6.62. The monoisotopic (exact) mass is 377 g/mol. The number of aromatic nitrogens is 2. The van der Waals surface area contributed by atoms with Crippen LogP contribution in [0.5, 0.6) is 0 Å². The van der Waals surface area contributed by atoms with Crippen LogP contribution < -0.4 is 5.46 Å². The van der Waals surface area contributed by atoms with E-state index in [1.54, 1.807) is 11.9 Å². The molecule has 0 bridgehead atoms. The van der Waals surface area contributed by atoms with Gasteiger partial charge in [0.1, 0.15) is 5.60 Å². The molecule has 0 N–H and O–H groups in total. The minimum Gasteiger partial charge on any atom is -0.444 e.